The summed E-state index contributed by atoms with van der Waals surface area (Å²) in [6, 6.07) is 9.15. The van der Waals surface area contributed by atoms with Crippen LogP contribution in [-0.2, 0) is 5.54 Å². The van der Waals surface area contributed by atoms with Crippen LogP contribution in [0.15, 0.2) is 36.5 Å². The van der Waals surface area contributed by atoms with E-state index < -0.39 is 5.54 Å². The molecule has 0 fully saturated rings. The molecule has 1 aliphatic heterocycles. The number of hydrogen-bond donors (Lipinski definition) is 1. The van der Waals surface area contributed by atoms with Crippen molar-refractivity contribution in [1.82, 2.24) is 4.98 Å². The van der Waals surface area contributed by atoms with Crippen LogP contribution in [0.4, 0.5) is 0 Å². The Kier molecular flexibility index (Phi) is 4.45. The van der Waals surface area contributed by atoms with Gasteiger partial charge in [-0.1, -0.05) is 29.3 Å². The first-order valence-corrected chi connectivity index (χ1v) is 6.69. The lowest BCUT2D eigenvalue weighted by Crippen LogP contribution is -2.43. The summed E-state index contributed by atoms with van der Waals surface area (Å²) in [5.74, 6) is 0.724. The first-order chi connectivity index (χ1) is 9.11. The minimum atomic E-state index is -0.691. The fourth-order valence-electron chi connectivity index (χ4n) is 2.34. The zero-order valence-electron chi connectivity index (χ0n) is 10.5. The van der Waals surface area contributed by atoms with Crippen LogP contribution in [0.1, 0.15) is 17.7 Å². The van der Waals surface area contributed by atoms with E-state index in [2.05, 4.69) is 4.98 Å². The average Bonchev–Trinajstić information content (AvgIpc) is 2.42. The minimum Gasteiger partial charge on any atom is -0.491 e. The van der Waals surface area contributed by atoms with Crippen molar-refractivity contribution >= 4 is 35.6 Å². The fraction of sp³-hybridized carbons (Fsp3) is 0.214. The highest BCUT2D eigenvalue weighted by molar-refractivity contribution is 6.42. The van der Waals surface area contributed by atoms with E-state index in [4.69, 9.17) is 33.7 Å². The van der Waals surface area contributed by atoms with Crippen molar-refractivity contribution in [1.29, 1.82) is 0 Å². The molecule has 0 spiro atoms. The molecule has 2 heterocycles. The number of rotatable bonds is 1. The van der Waals surface area contributed by atoms with Gasteiger partial charge in [-0.2, -0.15) is 0 Å². The maximum Gasteiger partial charge on any atom is 0.143 e. The molecule has 1 aromatic heterocycles. The summed E-state index contributed by atoms with van der Waals surface area (Å²) in [5.41, 5.74) is 7.50. The Labute approximate surface area is 133 Å². The molecule has 1 aliphatic rings. The van der Waals surface area contributed by atoms with Gasteiger partial charge >= 0.3 is 0 Å². The Bertz CT molecular complexity index is 636. The first kappa shape index (κ1) is 15.4. The number of nitrogens with zero attached hydrogens (tertiary/aromatic N) is 1. The van der Waals surface area contributed by atoms with Crippen molar-refractivity contribution in [3.05, 3.63) is 57.8 Å². The maximum absolute atomic E-state index is 6.57. The van der Waals surface area contributed by atoms with E-state index in [1.54, 1.807) is 18.3 Å². The monoisotopic (exact) mass is 330 g/mol. The van der Waals surface area contributed by atoms with E-state index in [1.165, 1.54) is 0 Å². The van der Waals surface area contributed by atoms with E-state index in [0.717, 1.165) is 17.0 Å². The van der Waals surface area contributed by atoms with E-state index in [9.17, 15) is 0 Å². The van der Waals surface area contributed by atoms with Crippen molar-refractivity contribution in [2.45, 2.75) is 12.0 Å². The summed E-state index contributed by atoms with van der Waals surface area (Å²) in [6.45, 7) is 0.551. The molecule has 0 radical (unpaired) electrons. The lowest BCUT2D eigenvalue weighted by atomic mass is 9.82. The summed E-state index contributed by atoms with van der Waals surface area (Å²) >= 11 is 12.0. The molecule has 2 aromatic rings. The van der Waals surface area contributed by atoms with E-state index >= 15 is 0 Å². The second-order valence-electron chi connectivity index (χ2n) is 4.55. The third-order valence-corrected chi connectivity index (χ3v) is 4.12. The summed E-state index contributed by atoms with van der Waals surface area (Å²) in [4.78, 5) is 4.37. The molecular weight excluding hydrogens is 319 g/mol. The Morgan fingerprint density at radius 1 is 1.20 bits per heavy atom. The maximum atomic E-state index is 6.57. The highest BCUT2D eigenvalue weighted by Gasteiger charge is 2.37. The van der Waals surface area contributed by atoms with Gasteiger partial charge in [-0.05, 0) is 29.8 Å². The minimum absolute atomic E-state index is 0. The van der Waals surface area contributed by atoms with Crippen LogP contribution in [0.3, 0.4) is 0 Å². The van der Waals surface area contributed by atoms with Crippen LogP contribution in [-0.4, -0.2) is 11.6 Å². The van der Waals surface area contributed by atoms with Gasteiger partial charge in [0.05, 0.1) is 22.2 Å². The molecule has 6 heteroatoms. The normalized spacial score (nSPS) is 20.6. The van der Waals surface area contributed by atoms with Crippen LogP contribution in [0.25, 0.3) is 0 Å². The standard InChI is InChI=1S/C14H12Cl2N2O.ClH/c15-10-4-3-9(8-11(10)16)14(17)5-7-19-12-2-1-6-18-13(12)14;/h1-4,6,8H,5,7,17H2;1H. The number of nitrogens with two attached hydrogens (primary N) is 1. The molecular formula is C14H13Cl3N2O. The summed E-state index contributed by atoms with van der Waals surface area (Å²) < 4.78 is 5.59. The summed E-state index contributed by atoms with van der Waals surface area (Å²) in [7, 11) is 0. The topological polar surface area (TPSA) is 48.1 Å². The van der Waals surface area contributed by atoms with E-state index in [-0.39, 0.29) is 12.4 Å². The molecule has 0 aliphatic carbocycles. The number of aromatic nitrogens is 1. The molecule has 0 saturated heterocycles. The number of halogens is 3. The van der Waals surface area contributed by atoms with Crippen LogP contribution in [0, 0.1) is 0 Å². The SMILES string of the molecule is Cl.NC1(c2ccc(Cl)c(Cl)c2)CCOc2cccnc21. The van der Waals surface area contributed by atoms with Crippen LogP contribution in [0.5, 0.6) is 5.75 Å². The quantitative estimate of drug-likeness (QED) is 0.864. The van der Waals surface area contributed by atoms with Gasteiger partial charge in [0.25, 0.3) is 0 Å². The highest BCUT2D eigenvalue weighted by atomic mass is 35.5. The van der Waals surface area contributed by atoms with Gasteiger partial charge in [-0.15, -0.1) is 12.4 Å². The molecule has 0 saturated carbocycles. The highest BCUT2D eigenvalue weighted by Crippen LogP contribution is 2.39. The van der Waals surface area contributed by atoms with Crippen molar-refractivity contribution < 1.29 is 4.74 Å². The van der Waals surface area contributed by atoms with E-state index in [1.807, 2.05) is 18.2 Å². The molecule has 3 rings (SSSR count). The van der Waals surface area contributed by atoms with Gasteiger partial charge in [0.1, 0.15) is 11.4 Å². The molecule has 20 heavy (non-hydrogen) atoms. The van der Waals surface area contributed by atoms with Crippen LogP contribution < -0.4 is 10.5 Å². The molecule has 1 aromatic carbocycles. The smallest absolute Gasteiger partial charge is 0.143 e. The largest absolute Gasteiger partial charge is 0.491 e. The number of ether oxygens (including phenoxy) is 1. The number of pyridine rings is 1. The molecule has 1 atom stereocenters. The zero-order valence-corrected chi connectivity index (χ0v) is 12.8. The molecule has 1 unspecified atom stereocenters. The van der Waals surface area contributed by atoms with Crippen LogP contribution >= 0.6 is 35.6 Å². The van der Waals surface area contributed by atoms with Crippen molar-refractivity contribution in [3.63, 3.8) is 0 Å². The lowest BCUT2D eigenvalue weighted by Gasteiger charge is -2.34. The van der Waals surface area contributed by atoms with Gasteiger partial charge in [-0.3, -0.25) is 4.98 Å². The Morgan fingerprint density at radius 2 is 2.00 bits per heavy atom. The lowest BCUT2D eigenvalue weighted by molar-refractivity contribution is 0.232. The Morgan fingerprint density at radius 3 is 2.75 bits per heavy atom. The third-order valence-electron chi connectivity index (χ3n) is 3.38. The Balaban J connectivity index is 0.00000147. The summed E-state index contributed by atoms with van der Waals surface area (Å²) in [6.07, 6.45) is 2.36. The van der Waals surface area contributed by atoms with Gasteiger partial charge in [-0.25, -0.2) is 0 Å². The average molecular weight is 332 g/mol. The fourth-order valence-corrected chi connectivity index (χ4v) is 2.64. The second kappa shape index (κ2) is 5.78. The van der Waals surface area contributed by atoms with Crippen molar-refractivity contribution in [2.24, 2.45) is 5.73 Å². The van der Waals surface area contributed by atoms with Gasteiger partial charge in [0.15, 0.2) is 0 Å². The predicted octanol–water partition coefficient (Wildman–Crippen LogP) is 3.80. The van der Waals surface area contributed by atoms with Gasteiger partial charge < -0.3 is 10.5 Å². The number of fused-ring (bicyclic) bond motifs is 1. The molecule has 3 nitrogen and oxygen atoms in total. The van der Waals surface area contributed by atoms with Crippen molar-refractivity contribution in [3.8, 4) is 5.75 Å². The second-order valence-corrected chi connectivity index (χ2v) is 5.36. The number of benzene rings is 1. The summed E-state index contributed by atoms with van der Waals surface area (Å²) in [5, 5.41) is 1.01. The molecule has 2 N–H and O–H groups in total. The number of hydrogen-bond acceptors (Lipinski definition) is 3. The molecule has 0 bridgehead atoms. The third kappa shape index (κ3) is 2.47. The van der Waals surface area contributed by atoms with E-state index in [0.29, 0.717) is 23.1 Å². The first-order valence-electron chi connectivity index (χ1n) is 5.94. The van der Waals surface area contributed by atoms with Crippen molar-refractivity contribution in [2.75, 3.05) is 6.61 Å². The molecule has 106 valence electrons. The zero-order chi connectivity index (χ0) is 13.5. The molecule has 0 amide bonds. The Hall–Kier alpha value is -1.00. The van der Waals surface area contributed by atoms with Crippen LogP contribution in [0.2, 0.25) is 10.0 Å². The van der Waals surface area contributed by atoms with Gasteiger partial charge in [0, 0.05) is 12.6 Å². The van der Waals surface area contributed by atoms with Gasteiger partial charge in [0.2, 0.25) is 0 Å². The predicted molar refractivity (Wildman–Crippen MR) is 83.0 cm³/mol.